The molecule has 0 bridgehead atoms. The van der Waals surface area contributed by atoms with Gasteiger partial charge < -0.3 is 19.9 Å². The molecule has 0 radical (unpaired) electrons. The van der Waals surface area contributed by atoms with E-state index in [1.54, 1.807) is 7.11 Å². The van der Waals surface area contributed by atoms with Crippen molar-refractivity contribution in [1.82, 2.24) is 10.2 Å². The lowest BCUT2D eigenvalue weighted by Gasteiger charge is -2.37. The number of carbonyl (C=O) groups excluding carboxylic acids is 1. The highest BCUT2D eigenvalue weighted by molar-refractivity contribution is 5.88. The van der Waals surface area contributed by atoms with Gasteiger partial charge in [0, 0.05) is 43.8 Å². The summed E-state index contributed by atoms with van der Waals surface area (Å²) in [5, 5.41) is 3.62. The Kier molecular flexibility index (Phi) is 6.28. The smallest absolute Gasteiger partial charge is 0.245 e. The van der Waals surface area contributed by atoms with Gasteiger partial charge in [0.05, 0.1) is 7.11 Å². The highest BCUT2D eigenvalue weighted by Crippen LogP contribution is 2.35. The molecule has 2 heterocycles. The molecule has 30 heavy (non-hydrogen) atoms. The lowest BCUT2D eigenvalue weighted by Crippen LogP contribution is -2.52. The molecule has 4 rings (SSSR count). The number of anilines is 1. The molecule has 2 aliphatic rings. The minimum absolute atomic E-state index is 0.136. The van der Waals surface area contributed by atoms with Crippen LogP contribution in [0.4, 0.5) is 5.69 Å². The maximum atomic E-state index is 13.6. The fourth-order valence-electron chi connectivity index (χ4n) is 4.78. The van der Waals surface area contributed by atoms with Crippen LogP contribution < -0.4 is 15.0 Å². The predicted octanol–water partition coefficient (Wildman–Crippen LogP) is 3.62. The molecule has 5 nitrogen and oxygen atoms in total. The number of piperidine rings is 1. The molecule has 0 aromatic heterocycles. The number of rotatable bonds is 6. The summed E-state index contributed by atoms with van der Waals surface area (Å²) in [4.78, 5) is 17.9. The summed E-state index contributed by atoms with van der Waals surface area (Å²) < 4.78 is 5.40. The number of amides is 1. The molecule has 1 fully saturated rings. The highest BCUT2D eigenvalue weighted by Gasteiger charge is 2.37. The number of benzene rings is 2. The van der Waals surface area contributed by atoms with Crippen LogP contribution in [-0.4, -0.2) is 49.1 Å². The lowest BCUT2D eigenvalue weighted by atomic mass is 10.0. The molecule has 1 saturated heterocycles. The van der Waals surface area contributed by atoms with Crippen molar-refractivity contribution < 1.29 is 9.53 Å². The summed E-state index contributed by atoms with van der Waals surface area (Å²) in [6.45, 7) is 6.75. The molecule has 2 aromatic rings. The maximum absolute atomic E-state index is 13.6. The second-order valence-corrected chi connectivity index (χ2v) is 8.75. The number of nitrogens with zero attached hydrogens (tertiary/aromatic N) is 2. The molecular formula is C25H33N3O2. The first-order valence-electron chi connectivity index (χ1n) is 11.1. The van der Waals surface area contributed by atoms with Crippen LogP contribution in [0.15, 0.2) is 48.5 Å². The van der Waals surface area contributed by atoms with E-state index in [0.717, 1.165) is 43.7 Å². The summed E-state index contributed by atoms with van der Waals surface area (Å²) in [5.41, 5.74) is 3.59. The summed E-state index contributed by atoms with van der Waals surface area (Å²) in [6.07, 6.45) is 2.84. The number of carbonyl (C=O) groups is 1. The molecule has 160 valence electrons. The Labute approximate surface area is 180 Å². The van der Waals surface area contributed by atoms with Gasteiger partial charge in [0.15, 0.2) is 0 Å². The first kappa shape index (κ1) is 20.7. The number of hydrogen-bond donors (Lipinski definition) is 1. The normalized spacial score (nSPS) is 19.3. The van der Waals surface area contributed by atoms with Gasteiger partial charge in [0.25, 0.3) is 0 Å². The zero-order valence-corrected chi connectivity index (χ0v) is 18.3. The topological polar surface area (TPSA) is 44.8 Å². The summed E-state index contributed by atoms with van der Waals surface area (Å²) in [5.74, 6) is 1.11. The van der Waals surface area contributed by atoms with Crippen molar-refractivity contribution in [2.75, 3.05) is 25.1 Å². The van der Waals surface area contributed by atoms with Crippen LogP contribution in [0.1, 0.15) is 37.8 Å². The minimum atomic E-state index is -0.136. The molecule has 1 N–H and O–H groups in total. The van der Waals surface area contributed by atoms with Crippen LogP contribution >= 0.6 is 0 Å². The van der Waals surface area contributed by atoms with Gasteiger partial charge in [-0.05, 0) is 42.2 Å². The molecule has 0 aliphatic carbocycles. The van der Waals surface area contributed by atoms with Crippen LogP contribution in [0.25, 0.3) is 0 Å². The fourth-order valence-corrected chi connectivity index (χ4v) is 4.78. The summed E-state index contributed by atoms with van der Waals surface area (Å²) in [7, 11) is 1.69. The SMILES string of the molecule is COc1cccc(CN2c3ccccc3CC2C(=O)N2CCC(NC(C)C)CC2)c1. The van der Waals surface area contributed by atoms with Crippen LogP contribution in [0, 0.1) is 0 Å². The lowest BCUT2D eigenvalue weighted by molar-refractivity contribution is -0.133. The summed E-state index contributed by atoms with van der Waals surface area (Å²) >= 11 is 0. The molecular weight excluding hydrogens is 374 g/mol. The van der Waals surface area contributed by atoms with Crippen molar-refractivity contribution in [1.29, 1.82) is 0 Å². The first-order chi connectivity index (χ1) is 14.5. The van der Waals surface area contributed by atoms with E-state index in [9.17, 15) is 4.79 Å². The van der Waals surface area contributed by atoms with Crippen molar-refractivity contribution in [3.05, 3.63) is 59.7 Å². The van der Waals surface area contributed by atoms with Crippen molar-refractivity contribution in [2.45, 2.75) is 57.8 Å². The van der Waals surface area contributed by atoms with E-state index in [-0.39, 0.29) is 11.9 Å². The third-order valence-electron chi connectivity index (χ3n) is 6.24. The second kappa shape index (κ2) is 9.09. The zero-order valence-electron chi connectivity index (χ0n) is 18.3. The van der Waals surface area contributed by atoms with Gasteiger partial charge >= 0.3 is 0 Å². The van der Waals surface area contributed by atoms with Gasteiger partial charge in [-0.15, -0.1) is 0 Å². The molecule has 2 aliphatic heterocycles. The van der Waals surface area contributed by atoms with Gasteiger partial charge in [0.2, 0.25) is 5.91 Å². The van der Waals surface area contributed by atoms with E-state index < -0.39 is 0 Å². The molecule has 1 unspecified atom stereocenters. The number of likely N-dealkylation sites (tertiary alicyclic amines) is 1. The van der Waals surface area contributed by atoms with Crippen LogP contribution in [0.3, 0.4) is 0 Å². The second-order valence-electron chi connectivity index (χ2n) is 8.75. The number of hydrogen-bond acceptors (Lipinski definition) is 4. The Hall–Kier alpha value is -2.53. The van der Waals surface area contributed by atoms with E-state index in [0.29, 0.717) is 18.6 Å². The standard InChI is InChI=1S/C25H33N3O2/c1-18(2)26-21-11-13-27(14-12-21)25(29)24-16-20-8-4-5-10-23(20)28(24)17-19-7-6-9-22(15-19)30-3/h4-10,15,18,21,24,26H,11-14,16-17H2,1-3H3. The third-order valence-corrected chi connectivity index (χ3v) is 6.24. The molecule has 2 aromatic carbocycles. The van der Waals surface area contributed by atoms with Crippen molar-refractivity contribution in [2.24, 2.45) is 0 Å². The minimum Gasteiger partial charge on any atom is -0.497 e. The van der Waals surface area contributed by atoms with Crippen molar-refractivity contribution in [3.8, 4) is 5.75 Å². The molecule has 0 spiro atoms. The van der Waals surface area contributed by atoms with Crippen LogP contribution in [0.5, 0.6) is 5.75 Å². The van der Waals surface area contributed by atoms with Crippen molar-refractivity contribution >= 4 is 11.6 Å². The van der Waals surface area contributed by atoms with Gasteiger partial charge in [0.1, 0.15) is 11.8 Å². The monoisotopic (exact) mass is 407 g/mol. The molecule has 0 saturated carbocycles. The van der Waals surface area contributed by atoms with Gasteiger partial charge in [-0.25, -0.2) is 0 Å². The maximum Gasteiger partial charge on any atom is 0.245 e. The van der Waals surface area contributed by atoms with Gasteiger partial charge in [-0.3, -0.25) is 4.79 Å². The number of fused-ring (bicyclic) bond motifs is 1. The van der Waals surface area contributed by atoms with E-state index in [2.05, 4.69) is 65.4 Å². The summed E-state index contributed by atoms with van der Waals surface area (Å²) in [6, 6.07) is 17.4. The van der Waals surface area contributed by atoms with Gasteiger partial charge in [-0.2, -0.15) is 0 Å². The Balaban J connectivity index is 1.50. The number of methoxy groups -OCH3 is 1. The predicted molar refractivity (Wildman–Crippen MR) is 121 cm³/mol. The quantitative estimate of drug-likeness (QED) is 0.795. The van der Waals surface area contributed by atoms with Gasteiger partial charge in [-0.1, -0.05) is 44.2 Å². The van der Waals surface area contributed by atoms with E-state index >= 15 is 0 Å². The average molecular weight is 408 g/mol. The largest absolute Gasteiger partial charge is 0.497 e. The highest BCUT2D eigenvalue weighted by atomic mass is 16.5. The zero-order chi connectivity index (χ0) is 21.1. The fraction of sp³-hybridized carbons (Fsp3) is 0.480. The van der Waals surface area contributed by atoms with E-state index in [4.69, 9.17) is 4.74 Å². The van der Waals surface area contributed by atoms with Crippen molar-refractivity contribution in [3.63, 3.8) is 0 Å². The Morgan fingerprint density at radius 1 is 1.13 bits per heavy atom. The van der Waals surface area contributed by atoms with Crippen LogP contribution in [-0.2, 0) is 17.8 Å². The molecule has 1 amide bonds. The first-order valence-corrected chi connectivity index (χ1v) is 11.1. The Morgan fingerprint density at radius 3 is 2.63 bits per heavy atom. The van der Waals surface area contributed by atoms with Crippen LogP contribution in [0.2, 0.25) is 0 Å². The number of ether oxygens (including phenoxy) is 1. The Morgan fingerprint density at radius 2 is 1.90 bits per heavy atom. The van der Waals surface area contributed by atoms with E-state index in [1.165, 1.54) is 11.3 Å². The Bertz CT molecular complexity index is 874. The average Bonchev–Trinajstić information content (AvgIpc) is 3.12. The number of para-hydroxylation sites is 1. The third kappa shape index (κ3) is 4.46. The van der Waals surface area contributed by atoms with E-state index in [1.807, 2.05) is 12.1 Å². The molecule has 1 atom stereocenters. The molecule has 5 heteroatoms. The number of nitrogens with one attached hydrogen (secondary N) is 1.